The van der Waals surface area contributed by atoms with Gasteiger partial charge in [0.15, 0.2) is 0 Å². The predicted molar refractivity (Wildman–Crippen MR) is 153 cm³/mol. The first-order valence-corrected chi connectivity index (χ1v) is 15.2. The van der Waals surface area contributed by atoms with Crippen LogP contribution in [0.5, 0.6) is 0 Å². The van der Waals surface area contributed by atoms with Crippen LogP contribution in [0.3, 0.4) is 0 Å². The number of nitrogens with one attached hydrogen (secondary N) is 5. The molecule has 0 bridgehead atoms. The zero-order valence-corrected chi connectivity index (χ0v) is 24.3. The summed E-state index contributed by atoms with van der Waals surface area (Å²) >= 11 is 3.75. The van der Waals surface area contributed by atoms with Crippen LogP contribution < -0.4 is 26.0 Å². The van der Waals surface area contributed by atoms with Gasteiger partial charge in [-0.05, 0) is 32.3 Å². The third kappa shape index (κ3) is 11.8. The number of unbranched alkanes of at least 4 members (excludes halogenated alkanes) is 1. The van der Waals surface area contributed by atoms with E-state index in [-0.39, 0.29) is 55.9 Å². The minimum atomic E-state index is -3.85. The van der Waals surface area contributed by atoms with Crippen molar-refractivity contribution in [1.82, 2.24) is 26.0 Å². The van der Waals surface area contributed by atoms with Crippen molar-refractivity contribution in [3.63, 3.8) is 0 Å². The third-order valence-electron chi connectivity index (χ3n) is 6.17. The van der Waals surface area contributed by atoms with Crippen LogP contribution in [0.4, 0.5) is 0 Å². The Kier molecular flexibility index (Phi) is 13.1. The molecule has 0 saturated heterocycles. The van der Waals surface area contributed by atoms with Gasteiger partial charge >= 0.3 is 0 Å². The third-order valence-corrected chi connectivity index (χ3v) is 7.80. The summed E-state index contributed by atoms with van der Waals surface area (Å²) in [7, 11) is -3.85. The number of fused-ring (bicyclic) bond motifs is 1. The topological polar surface area (TPSA) is 180 Å². The summed E-state index contributed by atoms with van der Waals surface area (Å²) in [6.45, 7) is 2.89. The van der Waals surface area contributed by atoms with Gasteiger partial charge in [0.25, 0.3) is 0 Å². The minimum absolute atomic E-state index is 0.0672. The highest BCUT2D eigenvalue weighted by Gasteiger charge is 2.26. The standard InChI is InChI=1S/C26H37N5O7S2/c1-17-5-6-21-12-19(7-8-20(21)11-17)18(2)26(36)31-40(37,38)10-4-3-9-27-22(32)13-28-23(33)14-29-24(34)15-30-25(35)16-39/h5-8,11-12,18,20-21,39H,3-4,9-10,13-16H2,1-2H3,(H,27,32)(H,28,33)(H,29,34)(H,30,35)(H,31,36)/t18-,20?,21?/m0/s1. The quantitative estimate of drug-likeness (QED) is 0.109. The summed E-state index contributed by atoms with van der Waals surface area (Å²) in [6.07, 6.45) is 12.7. The highest BCUT2D eigenvalue weighted by molar-refractivity contribution is 7.90. The van der Waals surface area contributed by atoms with E-state index in [1.54, 1.807) is 6.92 Å². The van der Waals surface area contributed by atoms with E-state index in [9.17, 15) is 32.4 Å². The SMILES string of the molecule is CC1=CC2C=CC([C@H](C)C(=O)NS(=O)(=O)CCCCNC(=O)CNC(=O)CNC(=O)CNC(=O)CS)=CC2C=C1. The van der Waals surface area contributed by atoms with Gasteiger partial charge in [0, 0.05) is 18.4 Å². The van der Waals surface area contributed by atoms with Crippen LogP contribution in [0, 0.1) is 17.8 Å². The number of allylic oxidation sites excluding steroid dienone is 7. The molecule has 2 aliphatic rings. The van der Waals surface area contributed by atoms with E-state index in [2.05, 4.69) is 50.8 Å². The number of rotatable bonds is 15. The summed E-state index contributed by atoms with van der Waals surface area (Å²) < 4.78 is 26.9. The molecule has 40 heavy (non-hydrogen) atoms. The fourth-order valence-electron chi connectivity index (χ4n) is 3.87. The van der Waals surface area contributed by atoms with Crippen LogP contribution in [-0.2, 0) is 34.0 Å². The predicted octanol–water partition coefficient (Wildman–Crippen LogP) is -0.512. The van der Waals surface area contributed by atoms with Crippen LogP contribution in [0.1, 0.15) is 26.7 Å². The molecule has 0 aromatic rings. The van der Waals surface area contributed by atoms with Gasteiger partial charge in [0.1, 0.15) is 0 Å². The van der Waals surface area contributed by atoms with Gasteiger partial charge in [-0.3, -0.25) is 28.7 Å². The van der Waals surface area contributed by atoms with E-state index in [0.717, 1.165) is 5.57 Å². The van der Waals surface area contributed by atoms with Gasteiger partial charge in [0.2, 0.25) is 39.6 Å². The van der Waals surface area contributed by atoms with E-state index in [1.807, 2.05) is 31.2 Å². The lowest BCUT2D eigenvalue weighted by molar-refractivity contribution is -0.128. The number of sulfonamides is 1. The molecule has 2 unspecified atom stereocenters. The fraction of sp³-hybridized carbons (Fsp3) is 0.500. The molecular formula is C26H37N5O7S2. The Labute approximate surface area is 240 Å². The maximum atomic E-state index is 12.6. The largest absolute Gasteiger partial charge is 0.355 e. The van der Waals surface area contributed by atoms with E-state index >= 15 is 0 Å². The lowest BCUT2D eigenvalue weighted by atomic mass is 9.79. The molecule has 0 heterocycles. The van der Waals surface area contributed by atoms with Crippen molar-refractivity contribution in [1.29, 1.82) is 0 Å². The summed E-state index contributed by atoms with van der Waals surface area (Å²) in [5, 5.41) is 9.47. The molecule has 14 heteroatoms. The highest BCUT2D eigenvalue weighted by atomic mass is 32.2. The molecule has 12 nitrogen and oxygen atoms in total. The van der Waals surface area contributed by atoms with Gasteiger partial charge < -0.3 is 21.3 Å². The maximum absolute atomic E-state index is 12.6. The number of thiol groups is 1. The van der Waals surface area contributed by atoms with Crippen molar-refractivity contribution >= 4 is 52.2 Å². The Morgan fingerprint density at radius 3 is 2.00 bits per heavy atom. The molecule has 0 aliphatic heterocycles. The molecular weight excluding hydrogens is 558 g/mol. The average Bonchev–Trinajstić information content (AvgIpc) is 2.92. The summed E-state index contributed by atoms with van der Waals surface area (Å²) in [5.41, 5.74) is 1.94. The van der Waals surface area contributed by atoms with Gasteiger partial charge in [-0.2, -0.15) is 12.6 Å². The molecule has 2 aliphatic carbocycles. The Hall–Kier alpha value is -3.39. The van der Waals surface area contributed by atoms with Gasteiger partial charge in [0.05, 0.1) is 37.1 Å². The van der Waals surface area contributed by atoms with E-state index in [1.165, 1.54) is 5.57 Å². The van der Waals surface area contributed by atoms with E-state index in [0.29, 0.717) is 6.42 Å². The van der Waals surface area contributed by atoms with Crippen molar-refractivity contribution in [2.75, 3.05) is 37.7 Å². The Morgan fingerprint density at radius 1 is 0.825 bits per heavy atom. The molecule has 2 rings (SSSR count). The second kappa shape index (κ2) is 16.0. The molecule has 3 atom stereocenters. The number of carbonyl (C=O) groups excluding carboxylic acids is 5. The Bertz CT molecular complexity index is 1210. The lowest BCUT2D eigenvalue weighted by Crippen LogP contribution is -2.44. The van der Waals surface area contributed by atoms with Crippen molar-refractivity contribution < 1.29 is 32.4 Å². The first kappa shape index (κ1) is 32.8. The second-order valence-electron chi connectivity index (χ2n) is 9.50. The van der Waals surface area contributed by atoms with Crippen LogP contribution in [-0.4, -0.2) is 75.6 Å². The van der Waals surface area contributed by atoms with E-state index in [4.69, 9.17) is 0 Å². The number of hydrogen-bond donors (Lipinski definition) is 6. The number of carbonyl (C=O) groups is 5. The molecule has 5 N–H and O–H groups in total. The second-order valence-corrected chi connectivity index (χ2v) is 11.7. The Balaban J connectivity index is 1.60. The monoisotopic (exact) mass is 595 g/mol. The molecule has 0 aromatic heterocycles. The van der Waals surface area contributed by atoms with E-state index < -0.39 is 45.5 Å². The normalized spacial score (nSPS) is 18.4. The zero-order chi connectivity index (χ0) is 29.7. The summed E-state index contributed by atoms with van der Waals surface area (Å²) in [5.74, 6) is -3.27. The van der Waals surface area contributed by atoms with Crippen LogP contribution >= 0.6 is 12.6 Å². The first-order chi connectivity index (χ1) is 18.9. The molecule has 0 fully saturated rings. The molecule has 0 spiro atoms. The van der Waals surface area contributed by atoms with Crippen molar-refractivity contribution in [3.8, 4) is 0 Å². The van der Waals surface area contributed by atoms with Crippen LogP contribution in [0.25, 0.3) is 0 Å². The fourth-order valence-corrected chi connectivity index (χ4v) is 5.15. The van der Waals surface area contributed by atoms with Gasteiger partial charge in [-0.25, -0.2) is 8.42 Å². The lowest BCUT2D eigenvalue weighted by Gasteiger charge is -2.26. The summed E-state index contributed by atoms with van der Waals surface area (Å²) in [6, 6.07) is 0. The molecule has 5 amide bonds. The zero-order valence-electron chi connectivity index (χ0n) is 22.6. The molecule has 0 aromatic carbocycles. The molecule has 220 valence electrons. The smallest absolute Gasteiger partial charge is 0.240 e. The first-order valence-electron chi connectivity index (χ1n) is 12.9. The minimum Gasteiger partial charge on any atom is -0.355 e. The average molecular weight is 596 g/mol. The van der Waals surface area contributed by atoms with Crippen LogP contribution in [0.15, 0.2) is 47.6 Å². The van der Waals surface area contributed by atoms with Crippen LogP contribution in [0.2, 0.25) is 0 Å². The highest BCUT2D eigenvalue weighted by Crippen LogP contribution is 2.32. The van der Waals surface area contributed by atoms with Gasteiger partial charge in [-0.1, -0.05) is 42.0 Å². The number of amides is 5. The molecule has 0 radical (unpaired) electrons. The van der Waals surface area contributed by atoms with Gasteiger partial charge in [-0.15, -0.1) is 0 Å². The molecule has 0 saturated carbocycles. The van der Waals surface area contributed by atoms with Crippen molar-refractivity contribution in [3.05, 3.63) is 47.6 Å². The number of hydrogen-bond acceptors (Lipinski definition) is 8. The summed E-state index contributed by atoms with van der Waals surface area (Å²) in [4.78, 5) is 58.7. The maximum Gasteiger partial charge on any atom is 0.240 e. The van der Waals surface area contributed by atoms with Crippen molar-refractivity contribution in [2.24, 2.45) is 17.8 Å². The van der Waals surface area contributed by atoms with Crippen molar-refractivity contribution in [2.45, 2.75) is 26.7 Å². The Morgan fingerprint density at radius 2 is 1.38 bits per heavy atom.